The minimum Gasteiger partial charge on any atom is -0.0651 e. The molecule has 2 aliphatic carbocycles. The van der Waals surface area contributed by atoms with Crippen molar-refractivity contribution in [1.82, 2.24) is 0 Å². The van der Waals surface area contributed by atoms with Crippen LogP contribution in [0, 0.1) is 41.4 Å². The first-order chi connectivity index (χ1) is 12.0. The molecule has 2 rings (SSSR count). The fourth-order valence-corrected chi connectivity index (χ4v) is 5.87. The van der Waals surface area contributed by atoms with Crippen molar-refractivity contribution in [3.05, 3.63) is 0 Å². The highest BCUT2D eigenvalue weighted by atomic mass is 14.3. The van der Waals surface area contributed by atoms with Gasteiger partial charge in [0.25, 0.3) is 0 Å². The molecule has 0 aromatic rings. The highest BCUT2D eigenvalue weighted by Crippen LogP contribution is 2.38. The Kier molecular flexibility index (Phi) is 9.36. The van der Waals surface area contributed by atoms with Gasteiger partial charge in [-0.25, -0.2) is 0 Å². The molecule has 0 radical (unpaired) electrons. The van der Waals surface area contributed by atoms with Gasteiger partial charge in [0.15, 0.2) is 0 Å². The summed E-state index contributed by atoms with van der Waals surface area (Å²) < 4.78 is 0. The molecule has 0 spiro atoms. The molecule has 0 N–H and O–H groups in total. The molecule has 5 atom stereocenters. The molecule has 0 amide bonds. The largest absolute Gasteiger partial charge is 0.0651 e. The van der Waals surface area contributed by atoms with Crippen molar-refractivity contribution in [2.75, 3.05) is 0 Å². The van der Waals surface area contributed by atoms with Gasteiger partial charge in [-0.1, -0.05) is 98.8 Å². The van der Waals surface area contributed by atoms with Gasteiger partial charge in [0.2, 0.25) is 0 Å². The van der Waals surface area contributed by atoms with Crippen LogP contribution >= 0.6 is 0 Å². The van der Waals surface area contributed by atoms with Gasteiger partial charge >= 0.3 is 0 Å². The Morgan fingerprint density at radius 2 is 1.40 bits per heavy atom. The highest BCUT2D eigenvalue weighted by molar-refractivity contribution is 4.78. The quantitative estimate of drug-likeness (QED) is 0.392. The predicted octanol–water partition coefficient (Wildman–Crippen LogP) is 8.50. The Morgan fingerprint density at radius 3 is 2.04 bits per heavy atom. The molecule has 0 bridgehead atoms. The lowest BCUT2D eigenvalue weighted by molar-refractivity contribution is 0.170. The van der Waals surface area contributed by atoms with Crippen molar-refractivity contribution in [2.45, 2.75) is 118 Å². The van der Waals surface area contributed by atoms with Gasteiger partial charge in [-0.3, -0.25) is 0 Å². The Morgan fingerprint density at radius 1 is 0.760 bits per heavy atom. The van der Waals surface area contributed by atoms with Crippen LogP contribution in [0.2, 0.25) is 0 Å². The standard InChI is InChI=1S/C25H48/c1-6-23-12-14-24(15-13-23)11-9-19(2)7-8-21(4)18-25-16-10-20(3)17-22(25)5/h19-25H,6-18H2,1-5H3/t19-,20-,21?,22?,23?,24?,25?/m0/s1. The van der Waals surface area contributed by atoms with E-state index in [1.165, 1.54) is 83.5 Å². The van der Waals surface area contributed by atoms with Gasteiger partial charge in [0.1, 0.15) is 0 Å². The molecule has 25 heavy (non-hydrogen) atoms. The first-order valence-corrected chi connectivity index (χ1v) is 12.0. The van der Waals surface area contributed by atoms with Gasteiger partial charge < -0.3 is 0 Å². The van der Waals surface area contributed by atoms with Crippen molar-refractivity contribution in [3.63, 3.8) is 0 Å². The second kappa shape index (κ2) is 11.0. The summed E-state index contributed by atoms with van der Waals surface area (Å²) in [5.41, 5.74) is 0. The second-order valence-corrected chi connectivity index (χ2v) is 10.6. The summed E-state index contributed by atoms with van der Waals surface area (Å²) in [6.45, 7) is 12.4. The van der Waals surface area contributed by atoms with Gasteiger partial charge in [0.05, 0.1) is 0 Å². The minimum atomic E-state index is 0.947. The van der Waals surface area contributed by atoms with Crippen molar-refractivity contribution in [3.8, 4) is 0 Å². The summed E-state index contributed by atoms with van der Waals surface area (Å²) in [7, 11) is 0. The summed E-state index contributed by atoms with van der Waals surface area (Å²) in [6.07, 6.45) is 19.4. The van der Waals surface area contributed by atoms with Crippen LogP contribution in [-0.4, -0.2) is 0 Å². The third-order valence-electron chi connectivity index (χ3n) is 8.08. The highest BCUT2D eigenvalue weighted by Gasteiger charge is 2.26. The topological polar surface area (TPSA) is 0 Å². The molecule has 0 aliphatic heterocycles. The molecular weight excluding hydrogens is 300 g/mol. The van der Waals surface area contributed by atoms with E-state index in [1.807, 2.05) is 0 Å². The van der Waals surface area contributed by atoms with E-state index in [4.69, 9.17) is 0 Å². The first kappa shape index (κ1) is 21.3. The van der Waals surface area contributed by atoms with Crippen molar-refractivity contribution < 1.29 is 0 Å². The molecule has 2 aliphatic rings. The predicted molar refractivity (Wildman–Crippen MR) is 113 cm³/mol. The SMILES string of the molecule is CCC1CCC(CC[C@@H](C)CCC(C)CC2CC[C@H](C)CC2C)CC1. The normalized spacial score (nSPS) is 36.1. The summed E-state index contributed by atoms with van der Waals surface area (Å²) in [4.78, 5) is 0. The number of hydrogen-bond donors (Lipinski definition) is 0. The van der Waals surface area contributed by atoms with Gasteiger partial charge in [-0.05, 0) is 60.7 Å². The minimum absolute atomic E-state index is 0.947. The van der Waals surface area contributed by atoms with Gasteiger partial charge in [-0.2, -0.15) is 0 Å². The summed E-state index contributed by atoms with van der Waals surface area (Å²) in [5.74, 6) is 7.00. The summed E-state index contributed by atoms with van der Waals surface area (Å²) >= 11 is 0. The number of rotatable bonds is 9. The maximum absolute atomic E-state index is 2.53. The lowest BCUT2D eigenvalue weighted by atomic mass is 9.72. The lowest BCUT2D eigenvalue weighted by Gasteiger charge is -2.34. The fourth-order valence-electron chi connectivity index (χ4n) is 5.87. The van der Waals surface area contributed by atoms with Crippen LogP contribution in [0.5, 0.6) is 0 Å². The zero-order valence-electron chi connectivity index (χ0n) is 18.2. The Hall–Kier alpha value is 0. The van der Waals surface area contributed by atoms with Crippen molar-refractivity contribution in [2.24, 2.45) is 41.4 Å². The van der Waals surface area contributed by atoms with E-state index >= 15 is 0 Å². The third kappa shape index (κ3) is 7.64. The van der Waals surface area contributed by atoms with Crippen LogP contribution in [0.4, 0.5) is 0 Å². The van der Waals surface area contributed by atoms with Gasteiger partial charge in [-0.15, -0.1) is 0 Å². The maximum Gasteiger partial charge on any atom is -0.0386 e. The van der Waals surface area contributed by atoms with Crippen molar-refractivity contribution in [1.29, 1.82) is 0 Å². The first-order valence-electron chi connectivity index (χ1n) is 12.0. The van der Waals surface area contributed by atoms with E-state index in [1.54, 1.807) is 0 Å². The Labute approximate surface area is 159 Å². The summed E-state index contributed by atoms with van der Waals surface area (Å²) in [5, 5.41) is 0. The van der Waals surface area contributed by atoms with Crippen LogP contribution in [0.3, 0.4) is 0 Å². The second-order valence-electron chi connectivity index (χ2n) is 10.6. The van der Waals surface area contributed by atoms with E-state index in [-0.39, 0.29) is 0 Å². The van der Waals surface area contributed by atoms with Crippen LogP contribution in [0.25, 0.3) is 0 Å². The molecule has 148 valence electrons. The van der Waals surface area contributed by atoms with Gasteiger partial charge in [0, 0.05) is 0 Å². The zero-order chi connectivity index (χ0) is 18.2. The molecule has 0 aromatic carbocycles. The maximum atomic E-state index is 2.53. The number of hydrogen-bond acceptors (Lipinski definition) is 0. The molecule has 0 heterocycles. The fraction of sp³-hybridized carbons (Fsp3) is 1.00. The third-order valence-corrected chi connectivity index (χ3v) is 8.08. The molecular formula is C25H48. The van der Waals surface area contributed by atoms with Crippen LogP contribution in [-0.2, 0) is 0 Å². The van der Waals surface area contributed by atoms with Crippen LogP contribution in [0.15, 0.2) is 0 Å². The molecule has 3 unspecified atom stereocenters. The van der Waals surface area contributed by atoms with Crippen LogP contribution < -0.4 is 0 Å². The molecule has 0 heteroatoms. The van der Waals surface area contributed by atoms with E-state index in [2.05, 4.69) is 34.6 Å². The molecule has 2 fully saturated rings. The molecule has 0 nitrogen and oxygen atoms in total. The van der Waals surface area contributed by atoms with E-state index in [0.29, 0.717) is 0 Å². The van der Waals surface area contributed by atoms with E-state index in [0.717, 1.165) is 41.4 Å². The molecule has 0 aromatic heterocycles. The average molecular weight is 349 g/mol. The van der Waals surface area contributed by atoms with E-state index in [9.17, 15) is 0 Å². The molecule has 0 saturated heterocycles. The van der Waals surface area contributed by atoms with Crippen molar-refractivity contribution >= 4 is 0 Å². The Balaban J connectivity index is 1.56. The van der Waals surface area contributed by atoms with E-state index < -0.39 is 0 Å². The lowest BCUT2D eigenvalue weighted by Crippen LogP contribution is -2.23. The summed E-state index contributed by atoms with van der Waals surface area (Å²) in [6, 6.07) is 0. The monoisotopic (exact) mass is 348 g/mol. The van der Waals surface area contributed by atoms with Crippen LogP contribution in [0.1, 0.15) is 118 Å². The zero-order valence-corrected chi connectivity index (χ0v) is 18.2. The smallest absolute Gasteiger partial charge is 0.0386 e. The molecule has 2 saturated carbocycles. The Bertz CT molecular complexity index is 338. The average Bonchev–Trinajstić information content (AvgIpc) is 2.61.